The van der Waals surface area contributed by atoms with Crippen LogP contribution in [0.2, 0.25) is 0 Å². The normalized spacial score (nSPS) is 17.7. The molecule has 2 heterocycles. The fourth-order valence-electron chi connectivity index (χ4n) is 2.08. The molecule has 0 bridgehead atoms. The van der Waals surface area contributed by atoms with Gasteiger partial charge in [-0.25, -0.2) is 8.42 Å². The maximum absolute atomic E-state index is 12.4. The zero-order valence-corrected chi connectivity index (χ0v) is 15.6. The van der Waals surface area contributed by atoms with E-state index in [1.807, 2.05) is 0 Å². The van der Waals surface area contributed by atoms with Gasteiger partial charge in [0.25, 0.3) is 10.0 Å². The van der Waals surface area contributed by atoms with Gasteiger partial charge < -0.3 is 4.90 Å². The molecular weight excluding hydrogens is 340 g/mol. The molecule has 2 rings (SSSR count). The molecule has 1 saturated heterocycles. The van der Waals surface area contributed by atoms with Crippen molar-refractivity contribution >= 4 is 39.0 Å². The summed E-state index contributed by atoms with van der Waals surface area (Å²) in [6.45, 7) is 7.91. The first-order valence-electron chi connectivity index (χ1n) is 7.15. The number of piperazine rings is 1. The first-order valence-corrected chi connectivity index (χ1v) is 10.5. The summed E-state index contributed by atoms with van der Waals surface area (Å²) in [7, 11) is -3.39. The van der Waals surface area contributed by atoms with Gasteiger partial charge in [-0.05, 0) is 11.4 Å². The number of hydrogen-bond donors (Lipinski definition) is 0. The molecule has 0 N–H and O–H groups in total. The van der Waals surface area contributed by atoms with E-state index in [-0.39, 0.29) is 10.7 Å². The first kappa shape index (κ1) is 17.8. The summed E-state index contributed by atoms with van der Waals surface area (Å²) in [5, 5.41) is 1.76. The molecular formula is C14H22N2O3S3. The molecule has 0 unspecified atom stereocenters. The summed E-state index contributed by atoms with van der Waals surface area (Å²) < 4.78 is 26.7. The average Bonchev–Trinajstić information content (AvgIpc) is 2.99. The van der Waals surface area contributed by atoms with E-state index in [0.717, 1.165) is 0 Å². The van der Waals surface area contributed by atoms with Gasteiger partial charge in [-0.1, -0.05) is 26.8 Å². The van der Waals surface area contributed by atoms with Crippen LogP contribution in [0.15, 0.2) is 21.7 Å². The highest BCUT2D eigenvalue weighted by Gasteiger charge is 2.30. The predicted molar refractivity (Wildman–Crippen MR) is 91.9 cm³/mol. The van der Waals surface area contributed by atoms with Crippen LogP contribution in [-0.4, -0.2) is 60.2 Å². The Labute approximate surface area is 140 Å². The molecule has 1 fully saturated rings. The van der Waals surface area contributed by atoms with Crippen LogP contribution in [-0.2, 0) is 14.8 Å². The van der Waals surface area contributed by atoms with Crippen LogP contribution in [0.25, 0.3) is 0 Å². The Bertz CT molecular complexity index is 598. The second-order valence-electron chi connectivity index (χ2n) is 6.12. The lowest BCUT2D eigenvalue weighted by molar-refractivity contribution is -0.129. The number of hydrogen-bond acceptors (Lipinski definition) is 5. The van der Waals surface area contributed by atoms with Gasteiger partial charge in [0.2, 0.25) is 5.91 Å². The maximum Gasteiger partial charge on any atom is 0.252 e. The van der Waals surface area contributed by atoms with Gasteiger partial charge in [0.15, 0.2) is 0 Å². The van der Waals surface area contributed by atoms with Gasteiger partial charge in [0.1, 0.15) is 4.21 Å². The smallest absolute Gasteiger partial charge is 0.252 e. The minimum absolute atomic E-state index is 0.0555. The van der Waals surface area contributed by atoms with Gasteiger partial charge in [-0.3, -0.25) is 4.79 Å². The molecule has 5 nitrogen and oxygen atoms in total. The van der Waals surface area contributed by atoms with E-state index in [1.165, 1.54) is 15.6 Å². The van der Waals surface area contributed by atoms with Crippen LogP contribution < -0.4 is 0 Å². The minimum atomic E-state index is -3.39. The lowest BCUT2D eigenvalue weighted by atomic mass is 10.3. The standard InChI is InChI=1S/C14H22N2O3S3/c1-14(2,3)21-11-12(17)15-6-8-16(9-7-15)22(18,19)13-5-4-10-20-13/h4-5,10H,6-9,11H2,1-3H3. The minimum Gasteiger partial charge on any atom is -0.339 e. The van der Waals surface area contributed by atoms with E-state index >= 15 is 0 Å². The van der Waals surface area contributed by atoms with Crippen molar-refractivity contribution in [3.05, 3.63) is 17.5 Å². The number of carbonyl (C=O) groups is 1. The van der Waals surface area contributed by atoms with Crippen LogP contribution in [0.5, 0.6) is 0 Å². The van der Waals surface area contributed by atoms with Crippen molar-refractivity contribution < 1.29 is 13.2 Å². The van der Waals surface area contributed by atoms with Gasteiger partial charge >= 0.3 is 0 Å². The molecule has 1 aromatic heterocycles. The summed E-state index contributed by atoms with van der Waals surface area (Å²) in [6, 6.07) is 3.36. The molecule has 22 heavy (non-hydrogen) atoms. The van der Waals surface area contributed by atoms with Gasteiger partial charge in [-0.15, -0.1) is 23.1 Å². The molecule has 0 saturated carbocycles. The third-order valence-electron chi connectivity index (χ3n) is 3.31. The monoisotopic (exact) mass is 362 g/mol. The topological polar surface area (TPSA) is 57.7 Å². The highest BCUT2D eigenvalue weighted by molar-refractivity contribution is 8.01. The van der Waals surface area contributed by atoms with Gasteiger partial charge in [-0.2, -0.15) is 4.31 Å². The van der Waals surface area contributed by atoms with E-state index in [0.29, 0.717) is 36.1 Å². The number of sulfonamides is 1. The predicted octanol–water partition coefficient (Wildman–Crippen LogP) is 2.11. The first-order chi connectivity index (χ1) is 10.2. The van der Waals surface area contributed by atoms with Crippen LogP contribution >= 0.6 is 23.1 Å². The van der Waals surface area contributed by atoms with Crippen LogP contribution in [0.4, 0.5) is 0 Å². The van der Waals surface area contributed by atoms with Crippen molar-refractivity contribution in [2.75, 3.05) is 31.9 Å². The number of amides is 1. The van der Waals surface area contributed by atoms with E-state index in [1.54, 1.807) is 34.2 Å². The largest absolute Gasteiger partial charge is 0.339 e. The highest BCUT2D eigenvalue weighted by atomic mass is 32.2. The Balaban J connectivity index is 1.89. The van der Waals surface area contributed by atoms with Crippen molar-refractivity contribution in [2.45, 2.75) is 29.7 Å². The molecule has 124 valence electrons. The second kappa shape index (κ2) is 6.90. The van der Waals surface area contributed by atoms with E-state index in [9.17, 15) is 13.2 Å². The number of nitrogens with zero attached hydrogens (tertiary/aromatic N) is 2. The molecule has 1 amide bonds. The van der Waals surface area contributed by atoms with Gasteiger partial charge in [0, 0.05) is 30.9 Å². The van der Waals surface area contributed by atoms with E-state index in [4.69, 9.17) is 0 Å². The summed E-state index contributed by atoms with van der Waals surface area (Å²) in [6.07, 6.45) is 0. The molecule has 0 aromatic carbocycles. The zero-order valence-electron chi connectivity index (χ0n) is 13.1. The zero-order chi connectivity index (χ0) is 16.4. The van der Waals surface area contributed by atoms with Crippen molar-refractivity contribution in [3.8, 4) is 0 Å². The second-order valence-corrected chi connectivity index (χ2v) is 11.0. The highest BCUT2D eigenvalue weighted by Crippen LogP contribution is 2.24. The van der Waals surface area contributed by atoms with Crippen molar-refractivity contribution in [2.24, 2.45) is 0 Å². The molecule has 8 heteroatoms. The van der Waals surface area contributed by atoms with Crippen LogP contribution in [0.3, 0.4) is 0 Å². The molecule has 0 spiro atoms. The van der Waals surface area contributed by atoms with Crippen LogP contribution in [0.1, 0.15) is 20.8 Å². The van der Waals surface area contributed by atoms with Gasteiger partial charge in [0.05, 0.1) is 5.75 Å². The number of carbonyl (C=O) groups excluding carboxylic acids is 1. The van der Waals surface area contributed by atoms with E-state index < -0.39 is 10.0 Å². The van der Waals surface area contributed by atoms with Crippen LogP contribution in [0, 0.1) is 0 Å². The Kier molecular flexibility index (Phi) is 5.58. The molecule has 1 aliphatic heterocycles. The van der Waals surface area contributed by atoms with Crippen molar-refractivity contribution in [3.63, 3.8) is 0 Å². The Hall–Kier alpha value is -0.570. The van der Waals surface area contributed by atoms with Crippen molar-refractivity contribution in [1.82, 2.24) is 9.21 Å². The molecule has 0 atom stereocenters. The third-order valence-corrected chi connectivity index (χ3v) is 7.84. The quantitative estimate of drug-likeness (QED) is 0.823. The third kappa shape index (κ3) is 4.47. The number of thioether (sulfide) groups is 1. The SMILES string of the molecule is CC(C)(C)SCC(=O)N1CCN(S(=O)(=O)c2cccs2)CC1. The fraction of sp³-hybridized carbons (Fsp3) is 0.643. The lowest BCUT2D eigenvalue weighted by Crippen LogP contribution is -2.51. The molecule has 1 aliphatic rings. The lowest BCUT2D eigenvalue weighted by Gasteiger charge is -2.34. The summed E-state index contributed by atoms with van der Waals surface area (Å²) in [5.41, 5.74) is 0. The summed E-state index contributed by atoms with van der Waals surface area (Å²) >= 11 is 2.85. The summed E-state index contributed by atoms with van der Waals surface area (Å²) in [5.74, 6) is 0.536. The number of thiophene rings is 1. The summed E-state index contributed by atoms with van der Waals surface area (Å²) in [4.78, 5) is 13.9. The number of rotatable bonds is 4. The van der Waals surface area contributed by atoms with E-state index in [2.05, 4.69) is 20.8 Å². The molecule has 1 aromatic rings. The van der Waals surface area contributed by atoms with Crippen molar-refractivity contribution in [1.29, 1.82) is 0 Å². The maximum atomic E-state index is 12.4. The average molecular weight is 363 g/mol. The Morgan fingerprint density at radius 3 is 2.41 bits per heavy atom. The fourth-order valence-corrected chi connectivity index (χ4v) is 5.39. The molecule has 0 aliphatic carbocycles. The Morgan fingerprint density at radius 2 is 1.91 bits per heavy atom. The Morgan fingerprint density at radius 1 is 1.27 bits per heavy atom. The molecule has 0 radical (unpaired) electrons.